The summed E-state index contributed by atoms with van der Waals surface area (Å²) in [7, 11) is 3.52. The summed E-state index contributed by atoms with van der Waals surface area (Å²) in [4.78, 5) is 22.9. The van der Waals surface area contributed by atoms with Gasteiger partial charge in [0.15, 0.2) is 0 Å². The van der Waals surface area contributed by atoms with Gasteiger partial charge in [-0.2, -0.15) is 0 Å². The molecule has 1 atom stereocenters. The second-order valence-electron chi connectivity index (χ2n) is 4.78. The summed E-state index contributed by atoms with van der Waals surface area (Å²) in [6.45, 7) is 4.72. The van der Waals surface area contributed by atoms with Gasteiger partial charge >= 0.3 is 0 Å². The lowest BCUT2D eigenvalue weighted by Gasteiger charge is -2.26. The van der Waals surface area contributed by atoms with Crippen molar-refractivity contribution in [3.63, 3.8) is 0 Å². The number of nitrogens with zero attached hydrogens (tertiary/aromatic N) is 3. The third-order valence-corrected chi connectivity index (χ3v) is 3.54. The smallest absolute Gasteiger partial charge is 0.242 e. The van der Waals surface area contributed by atoms with Crippen LogP contribution < -0.4 is 15.5 Å². The average molecular weight is 263 g/mol. The molecule has 104 valence electrons. The number of aryl methyl sites for hydroxylation is 1. The molecule has 0 aliphatic carbocycles. The van der Waals surface area contributed by atoms with E-state index in [1.165, 1.54) is 0 Å². The fraction of sp³-hybridized carbons (Fsp3) is 0.615. The minimum Gasteiger partial charge on any atom is -0.373 e. The minimum absolute atomic E-state index is 0.0548. The third kappa shape index (κ3) is 2.47. The van der Waals surface area contributed by atoms with E-state index in [1.54, 1.807) is 7.05 Å². The van der Waals surface area contributed by atoms with Crippen LogP contribution in [0.3, 0.4) is 0 Å². The fourth-order valence-electron chi connectivity index (χ4n) is 2.60. The third-order valence-electron chi connectivity index (χ3n) is 3.54. The van der Waals surface area contributed by atoms with Gasteiger partial charge in [0, 0.05) is 26.2 Å². The first-order valence-corrected chi connectivity index (χ1v) is 6.59. The maximum atomic E-state index is 11.9. The van der Waals surface area contributed by atoms with E-state index < -0.39 is 0 Å². The zero-order valence-corrected chi connectivity index (χ0v) is 11.9. The van der Waals surface area contributed by atoms with Crippen molar-refractivity contribution >= 4 is 17.5 Å². The van der Waals surface area contributed by atoms with Gasteiger partial charge in [-0.1, -0.05) is 0 Å². The number of carbonyl (C=O) groups excluding carboxylic acids is 1. The van der Waals surface area contributed by atoms with Crippen LogP contribution >= 0.6 is 0 Å². The van der Waals surface area contributed by atoms with Crippen LogP contribution in [0, 0.1) is 13.8 Å². The van der Waals surface area contributed by atoms with Gasteiger partial charge in [-0.05, 0) is 26.7 Å². The molecule has 6 heteroatoms. The number of anilines is 2. The molecule has 0 bridgehead atoms. The Bertz CT molecular complexity index is 488. The van der Waals surface area contributed by atoms with Crippen LogP contribution in [0.2, 0.25) is 0 Å². The van der Waals surface area contributed by atoms with Gasteiger partial charge < -0.3 is 15.5 Å². The molecule has 6 nitrogen and oxygen atoms in total. The van der Waals surface area contributed by atoms with E-state index in [2.05, 4.69) is 25.5 Å². The van der Waals surface area contributed by atoms with Gasteiger partial charge in [-0.25, -0.2) is 9.97 Å². The Morgan fingerprint density at radius 1 is 1.32 bits per heavy atom. The predicted octanol–water partition coefficient (Wildman–Crippen LogP) is 0.850. The number of carbonyl (C=O) groups is 1. The molecular weight excluding hydrogens is 242 g/mol. The maximum Gasteiger partial charge on any atom is 0.242 e. The van der Waals surface area contributed by atoms with Crippen molar-refractivity contribution in [1.29, 1.82) is 0 Å². The standard InChI is InChI=1S/C13H21N5O/c1-8-11(14-3)16-9(2)17-12(8)18-7-5-6-10(18)13(19)15-4/h10H,5-7H2,1-4H3,(H,15,19)(H,14,16,17). The highest BCUT2D eigenvalue weighted by Gasteiger charge is 2.32. The van der Waals surface area contributed by atoms with Gasteiger partial charge in [-0.3, -0.25) is 4.79 Å². The molecule has 1 saturated heterocycles. The molecule has 1 aromatic rings. The van der Waals surface area contributed by atoms with Crippen LogP contribution in [0.25, 0.3) is 0 Å². The monoisotopic (exact) mass is 263 g/mol. The number of amides is 1. The first kappa shape index (κ1) is 13.6. The molecule has 1 amide bonds. The maximum absolute atomic E-state index is 11.9. The van der Waals surface area contributed by atoms with Gasteiger partial charge in [0.25, 0.3) is 0 Å². The highest BCUT2D eigenvalue weighted by molar-refractivity contribution is 5.85. The molecule has 0 saturated carbocycles. The van der Waals surface area contributed by atoms with Crippen LogP contribution in [0.5, 0.6) is 0 Å². The van der Waals surface area contributed by atoms with E-state index in [4.69, 9.17) is 0 Å². The van der Waals surface area contributed by atoms with E-state index in [1.807, 2.05) is 20.9 Å². The van der Waals surface area contributed by atoms with Crippen molar-refractivity contribution in [2.45, 2.75) is 32.7 Å². The summed E-state index contributed by atoms with van der Waals surface area (Å²) >= 11 is 0. The Morgan fingerprint density at radius 2 is 2.05 bits per heavy atom. The van der Waals surface area contributed by atoms with E-state index in [0.29, 0.717) is 5.82 Å². The second kappa shape index (κ2) is 5.42. The second-order valence-corrected chi connectivity index (χ2v) is 4.78. The van der Waals surface area contributed by atoms with Crippen LogP contribution in [-0.4, -0.2) is 42.6 Å². The number of hydrogen-bond acceptors (Lipinski definition) is 5. The number of rotatable bonds is 3. The number of nitrogens with one attached hydrogen (secondary N) is 2. The van der Waals surface area contributed by atoms with Crippen LogP contribution in [0.4, 0.5) is 11.6 Å². The quantitative estimate of drug-likeness (QED) is 0.846. The molecule has 19 heavy (non-hydrogen) atoms. The zero-order valence-electron chi connectivity index (χ0n) is 11.9. The Hall–Kier alpha value is -1.85. The van der Waals surface area contributed by atoms with Crippen molar-refractivity contribution in [3.8, 4) is 0 Å². The van der Waals surface area contributed by atoms with Gasteiger partial charge in [0.05, 0.1) is 0 Å². The number of likely N-dealkylation sites (N-methyl/N-ethyl adjacent to an activating group) is 1. The summed E-state index contributed by atoms with van der Waals surface area (Å²) in [6.07, 6.45) is 1.88. The molecule has 2 N–H and O–H groups in total. The van der Waals surface area contributed by atoms with Gasteiger partial charge in [-0.15, -0.1) is 0 Å². The lowest BCUT2D eigenvalue weighted by Crippen LogP contribution is -2.42. The minimum atomic E-state index is -0.122. The molecule has 1 unspecified atom stereocenters. The van der Waals surface area contributed by atoms with E-state index in [-0.39, 0.29) is 11.9 Å². The summed E-state index contributed by atoms with van der Waals surface area (Å²) < 4.78 is 0. The van der Waals surface area contributed by atoms with Crippen molar-refractivity contribution in [1.82, 2.24) is 15.3 Å². The molecule has 2 heterocycles. The SMILES string of the molecule is CNC(=O)C1CCCN1c1nc(C)nc(NC)c1C. The summed E-state index contributed by atoms with van der Waals surface area (Å²) in [5, 5.41) is 5.81. The molecule has 0 aromatic carbocycles. The lowest BCUT2D eigenvalue weighted by molar-refractivity contribution is -0.121. The van der Waals surface area contributed by atoms with Crippen molar-refractivity contribution in [2.75, 3.05) is 30.9 Å². The Balaban J connectivity index is 2.40. The highest BCUT2D eigenvalue weighted by atomic mass is 16.2. The molecule has 0 radical (unpaired) electrons. The highest BCUT2D eigenvalue weighted by Crippen LogP contribution is 2.29. The zero-order chi connectivity index (χ0) is 14.0. The van der Waals surface area contributed by atoms with E-state index in [9.17, 15) is 4.79 Å². The van der Waals surface area contributed by atoms with E-state index in [0.717, 1.165) is 36.6 Å². The van der Waals surface area contributed by atoms with Crippen LogP contribution in [-0.2, 0) is 4.79 Å². The fourth-order valence-corrected chi connectivity index (χ4v) is 2.60. The van der Waals surface area contributed by atoms with Gasteiger partial charge in [0.2, 0.25) is 5.91 Å². The molecular formula is C13H21N5O. The molecule has 2 rings (SSSR count). The summed E-state index contributed by atoms with van der Waals surface area (Å²) in [5.74, 6) is 2.46. The molecule has 0 spiro atoms. The van der Waals surface area contributed by atoms with Crippen molar-refractivity contribution < 1.29 is 4.79 Å². The van der Waals surface area contributed by atoms with Crippen molar-refractivity contribution in [2.24, 2.45) is 0 Å². The largest absolute Gasteiger partial charge is 0.373 e. The first-order chi connectivity index (χ1) is 9.08. The normalized spacial score (nSPS) is 18.5. The molecule has 1 aliphatic rings. The first-order valence-electron chi connectivity index (χ1n) is 6.59. The Morgan fingerprint density at radius 3 is 2.68 bits per heavy atom. The van der Waals surface area contributed by atoms with E-state index >= 15 is 0 Å². The molecule has 1 fully saturated rings. The average Bonchev–Trinajstić information content (AvgIpc) is 2.89. The van der Waals surface area contributed by atoms with Crippen molar-refractivity contribution in [3.05, 3.63) is 11.4 Å². The lowest BCUT2D eigenvalue weighted by atomic mass is 10.2. The predicted molar refractivity (Wildman–Crippen MR) is 75.5 cm³/mol. The number of aromatic nitrogens is 2. The van der Waals surface area contributed by atoms with Gasteiger partial charge in [0.1, 0.15) is 23.5 Å². The number of hydrogen-bond donors (Lipinski definition) is 2. The molecule has 1 aliphatic heterocycles. The summed E-state index contributed by atoms with van der Waals surface area (Å²) in [6, 6.07) is -0.122. The van der Waals surface area contributed by atoms with Crippen LogP contribution in [0.15, 0.2) is 0 Å². The summed E-state index contributed by atoms with van der Waals surface area (Å²) in [5.41, 5.74) is 0.990. The topological polar surface area (TPSA) is 70.2 Å². The van der Waals surface area contributed by atoms with Crippen LogP contribution in [0.1, 0.15) is 24.2 Å². The molecule has 1 aromatic heterocycles. The Labute approximate surface area is 113 Å². The Kier molecular flexibility index (Phi) is 3.87.